The van der Waals surface area contributed by atoms with Crippen molar-refractivity contribution in [2.75, 3.05) is 5.32 Å². The average molecular weight is 359 g/mol. The fraction of sp³-hybridized carbons (Fsp3) is 0.0556. The van der Waals surface area contributed by atoms with Crippen LogP contribution in [0.15, 0.2) is 65.6 Å². The van der Waals surface area contributed by atoms with Crippen LogP contribution in [-0.4, -0.2) is 15.9 Å². The van der Waals surface area contributed by atoms with Gasteiger partial charge in [-0.05, 0) is 18.2 Å². The van der Waals surface area contributed by atoms with E-state index < -0.39 is 23.2 Å². The van der Waals surface area contributed by atoms with Crippen LogP contribution in [0, 0.1) is 0 Å². The largest absolute Gasteiger partial charge is 0.416 e. The van der Waals surface area contributed by atoms with Gasteiger partial charge in [0.05, 0.1) is 5.56 Å². The summed E-state index contributed by atoms with van der Waals surface area (Å²) in [5, 5.41) is 2.27. The molecular formula is C18H12F3N3O2. The molecule has 0 aliphatic rings. The number of alkyl halides is 3. The Morgan fingerprint density at radius 3 is 2.42 bits per heavy atom. The van der Waals surface area contributed by atoms with Crippen molar-refractivity contribution in [3.63, 3.8) is 0 Å². The van der Waals surface area contributed by atoms with Crippen LogP contribution in [0.1, 0.15) is 15.9 Å². The van der Waals surface area contributed by atoms with Crippen LogP contribution in [0.4, 0.5) is 18.9 Å². The molecule has 26 heavy (non-hydrogen) atoms. The van der Waals surface area contributed by atoms with Gasteiger partial charge < -0.3 is 10.3 Å². The van der Waals surface area contributed by atoms with Crippen LogP contribution >= 0.6 is 0 Å². The van der Waals surface area contributed by atoms with Gasteiger partial charge in [-0.25, -0.2) is 4.98 Å². The lowest BCUT2D eigenvalue weighted by atomic mass is 10.2. The van der Waals surface area contributed by atoms with E-state index in [4.69, 9.17) is 0 Å². The van der Waals surface area contributed by atoms with Gasteiger partial charge in [-0.2, -0.15) is 13.2 Å². The Labute approximate surface area is 145 Å². The number of H-pyrrole nitrogens is 1. The SMILES string of the molecule is O=C(Nc1cccc(C(F)(F)F)c1)c1cnc(-c2ccccc2)[nH]c1=O. The number of nitrogens with zero attached hydrogens (tertiary/aromatic N) is 1. The van der Waals surface area contributed by atoms with Gasteiger partial charge in [0, 0.05) is 17.4 Å². The zero-order chi connectivity index (χ0) is 18.7. The monoisotopic (exact) mass is 359 g/mol. The third-order valence-electron chi connectivity index (χ3n) is 3.54. The van der Waals surface area contributed by atoms with Crippen molar-refractivity contribution < 1.29 is 18.0 Å². The van der Waals surface area contributed by atoms with E-state index in [0.717, 1.165) is 18.3 Å². The molecule has 0 aliphatic heterocycles. The summed E-state index contributed by atoms with van der Waals surface area (Å²) < 4.78 is 38.2. The first-order chi connectivity index (χ1) is 12.3. The van der Waals surface area contributed by atoms with Gasteiger partial charge in [-0.15, -0.1) is 0 Å². The van der Waals surface area contributed by atoms with Gasteiger partial charge in [0.15, 0.2) is 0 Å². The Hall–Kier alpha value is -3.42. The molecule has 8 heteroatoms. The highest BCUT2D eigenvalue weighted by Gasteiger charge is 2.30. The lowest BCUT2D eigenvalue weighted by Crippen LogP contribution is -2.24. The first-order valence-electron chi connectivity index (χ1n) is 7.48. The zero-order valence-electron chi connectivity index (χ0n) is 13.2. The van der Waals surface area contributed by atoms with Crippen molar-refractivity contribution >= 4 is 11.6 Å². The van der Waals surface area contributed by atoms with Gasteiger partial charge in [0.1, 0.15) is 11.4 Å². The van der Waals surface area contributed by atoms with Crippen LogP contribution in [0.3, 0.4) is 0 Å². The third kappa shape index (κ3) is 3.80. The standard InChI is InChI=1S/C18H12F3N3O2/c19-18(20,21)12-7-4-8-13(9-12)23-16(25)14-10-22-15(24-17(14)26)11-5-2-1-3-6-11/h1-10H,(H,23,25)(H,22,24,26). The average Bonchev–Trinajstić information content (AvgIpc) is 2.62. The van der Waals surface area contributed by atoms with Crippen molar-refractivity contribution in [3.05, 3.63) is 82.3 Å². The van der Waals surface area contributed by atoms with Gasteiger partial charge in [0.25, 0.3) is 11.5 Å². The molecule has 3 aromatic rings. The summed E-state index contributed by atoms with van der Waals surface area (Å²) in [5.74, 6) is -0.566. The summed E-state index contributed by atoms with van der Waals surface area (Å²) in [4.78, 5) is 30.8. The Bertz CT molecular complexity index is 998. The molecule has 0 spiro atoms. The van der Waals surface area contributed by atoms with Crippen molar-refractivity contribution in [1.82, 2.24) is 9.97 Å². The number of benzene rings is 2. The van der Waals surface area contributed by atoms with E-state index in [1.54, 1.807) is 30.3 Å². The van der Waals surface area contributed by atoms with Gasteiger partial charge >= 0.3 is 6.18 Å². The van der Waals surface area contributed by atoms with Gasteiger partial charge in [-0.1, -0.05) is 36.4 Å². The number of carbonyl (C=O) groups is 1. The predicted molar refractivity (Wildman–Crippen MR) is 89.7 cm³/mol. The number of hydrogen-bond acceptors (Lipinski definition) is 3. The maximum Gasteiger partial charge on any atom is 0.416 e. The Balaban J connectivity index is 1.84. The number of aromatic amines is 1. The van der Waals surface area contributed by atoms with E-state index in [2.05, 4.69) is 15.3 Å². The van der Waals surface area contributed by atoms with Crippen LogP contribution < -0.4 is 10.9 Å². The molecule has 5 nitrogen and oxygen atoms in total. The number of amides is 1. The van der Waals surface area contributed by atoms with Crippen molar-refractivity contribution in [1.29, 1.82) is 0 Å². The number of aromatic nitrogens is 2. The fourth-order valence-electron chi connectivity index (χ4n) is 2.27. The normalized spacial score (nSPS) is 11.2. The molecule has 3 rings (SSSR count). The highest BCUT2D eigenvalue weighted by Crippen LogP contribution is 2.30. The number of halogens is 3. The molecular weight excluding hydrogens is 347 g/mol. The van der Waals surface area contributed by atoms with Crippen LogP contribution in [0.25, 0.3) is 11.4 Å². The second kappa shape index (κ2) is 6.83. The molecule has 0 saturated carbocycles. The van der Waals surface area contributed by atoms with E-state index in [1.165, 1.54) is 12.1 Å². The minimum atomic E-state index is -4.53. The van der Waals surface area contributed by atoms with E-state index in [-0.39, 0.29) is 17.1 Å². The minimum absolute atomic E-state index is 0.0728. The predicted octanol–water partition coefficient (Wildman–Crippen LogP) is 3.71. The molecule has 132 valence electrons. The molecule has 2 N–H and O–H groups in total. The smallest absolute Gasteiger partial charge is 0.322 e. The Kier molecular flexibility index (Phi) is 4.57. The molecule has 0 bridgehead atoms. The van der Waals surface area contributed by atoms with E-state index in [0.29, 0.717) is 5.56 Å². The van der Waals surface area contributed by atoms with Crippen LogP contribution in [0.2, 0.25) is 0 Å². The second-order valence-electron chi connectivity index (χ2n) is 5.37. The summed E-state index contributed by atoms with van der Waals surface area (Å²) in [6, 6.07) is 13.0. The number of hydrogen-bond donors (Lipinski definition) is 2. The summed E-state index contributed by atoms with van der Waals surface area (Å²) in [6.45, 7) is 0. The lowest BCUT2D eigenvalue weighted by Gasteiger charge is -2.09. The molecule has 1 aromatic heterocycles. The van der Waals surface area contributed by atoms with Crippen molar-refractivity contribution in [3.8, 4) is 11.4 Å². The second-order valence-corrected chi connectivity index (χ2v) is 5.37. The molecule has 0 unspecified atom stereocenters. The number of rotatable bonds is 3. The highest BCUT2D eigenvalue weighted by atomic mass is 19.4. The van der Waals surface area contributed by atoms with E-state index in [1.807, 2.05) is 0 Å². The molecule has 0 fully saturated rings. The Morgan fingerprint density at radius 2 is 1.77 bits per heavy atom. The molecule has 0 radical (unpaired) electrons. The molecule has 0 saturated heterocycles. The summed E-state index contributed by atoms with van der Waals surface area (Å²) >= 11 is 0. The van der Waals surface area contributed by atoms with E-state index in [9.17, 15) is 22.8 Å². The minimum Gasteiger partial charge on any atom is -0.322 e. The zero-order valence-corrected chi connectivity index (χ0v) is 13.2. The summed E-state index contributed by atoms with van der Waals surface area (Å²) in [6.07, 6.45) is -3.44. The maximum atomic E-state index is 12.7. The first kappa shape index (κ1) is 17.4. The maximum absolute atomic E-state index is 12.7. The molecule has 2 aromatic carbocycles. The molecule has 0 atom stereocenters. The summed E-state index contributed by atoms with van der Waals surface area (Å²) in [7, 11) is 0. The van der Waals surface area contributed by atoms with Gasteiger partial charge in [0.2, 0.25) is 0 Å². The third-order valence-corrected chi connectivity index (χ3v) is 3.54. The number of carbonyl (C=O) groups excluding carboxylic acids is 1. The van der Waals surface area contributed by atoms with Crippen molar-refractivity contribution in [2.24, 2.45) is 0 Å². The topological polar surface area (TPSA) is 74.8 Å². The van der Waals surface area contributed by atoms with Crippen molar-refractivity contribution in [2.45, 2.75) is 6.18 Å². The Morgan fingerprint density at radius 1 is 1.04 bits per heavy atom. The first-order valence-corrected chi connectivity index (χ1v) is 7.48. The van der Waals surface area contributed by atoms with E-state index >= 15 is 0 Å². The molecule has 0 aliphatic carbocycles. The molecule has 1 heterocycles. The quantitative estimate of drug-likeness (QED) is 0.749. The molecule has 1 amide bonds. The van der Waals surface area contributed by atoms with Gasteiger partial charge in [-0.3, -0.25) is 9.59 Å². The highest BCUT2D eigenvalue weighted by molar-refractivity contribution is 6.03. The van der Waals surface area contributed by atoms with Crippen LogP contribution in [0.5, 0.6) is 0 Å². The number of nitrogens with one attached hydrogen (secondary N) is 2. The fourth-order valence-corrected chi connectivity index (χ4v) is 2.27. The summed E-state index contributed by atoms with van der Waals surface area (Å²) in [5.41, 5.74) is -1.31. The number of anilines is 1. The lowest BCUT2D eigenvalue weighted by molar-refractivity contribution is -0.137. The van der Waals surface area contributed by atoms with Crippen LogP contribution in [-0.2, 0) is 6.18 Å².